The van der Waals surface area contributed by atoms with Crippen molar-refractivity contribution in [1.29, 1.82) is 0 Å². The zero-order valence-electron chi connectivity index (χ0n) is 7.71. The van der Waals surface area contributed by atoms with Crippen LogP contribution in [0.2, 0.25) is 0 Å². The lowest BCUT2D eigenvalue weighted by Crippen LogP contribution is -2.18. The van der Waals surface area contributed by atoms with Gasteiger partial charge in [0.05, 0.1) is 11.9 Å². The molecule has 0 unspecified atom stereocenters. The Kier molecular flexibility index (Phi) is 1.89. The Balaban J connectivity index is 2.69. The molecule has 4 nitrogen and oxygen atoms in total. The fourth-order valence-corrected chi connectivity index (χ4v) is 1.41. The molecule has 1 heterocycles. The molecule has 0 aliphatic rings. The van der Waals surface area contributed by atoms with E-state index in [2.05, 4.69) is 0 Å². The van der Waals surface area contributed by atoms with Crippen LogP contribution in [-0.4, -0.2) is 14.5 Å². The van der Waals surface area contributed by atoms with Gasteiger partial charge in [-0.2, -0.15) is 0 Å². The van der Waals surface area contributed by atoms with Crippen molar-refractivity contribution in [3.63, 3.8) is 0 Å². The number of benzene rings is 1. The molecule has 0 radical (unpaired) electrons. The second kappa shape index (κ2) is 3.06. The third-order valence-electron chi connectivity index (χ3n) is 2.04. The van der Waals surface area contributed by atoms with Gasteiger partial charge in [-0.25, -0.2) is 4.68 Å². The number of nitrogens with zero attached hydrogens (tertiary/aromatic N) is 2. The number of rotatable bonds is 1. The van der Waals surface area contributed by atoms with E-state index in [4.69, 9.17) is 0 Å². The molecular formula is C10H10N2O2. The van der Waals surface area contributed by atoms with Crippen molar-refractivity contribution >= 4 is 0 Å². The number of aryl methyl sites for hydroxylation is 1. The number of hydrogen-bond donors (Lipinski definition) is 1. The third kappa shape index (κ3) is 1.21. The smallest absolute Gasteiger partial charge is 0.313 e. The Morgan fingerprint density at radius 2 is 1.86 bits per heavy atom. The summed E-state index contributed by atoms with van der Waals surface area (Å²) in [7, 11) is 1.70. The van der Waals surface area contributed by atoms with Crippen LogP contribution in [0.4, 0.5) is 0 Å². The van der Waals surface area contributed by atoms with Gasteiger partial charge in [-0.15, -0.1) is 0 Å². The van der Waals surface area contributed by atoms with Gasteiger partial charge in [0.1, 0.15) is 0 Å². The summed E-state index contributed by atoms with van der Waals surface area (Å²) in [5, 5.41) is 9.23. The molecule has 0 saturated carbocycles. The SMILES string of the molecule is Cn1cc(O)c(=O)n1-c1ccccc1. The van der Waals surface area contributed by atoms with Crippen LogP contribution in [0.1, 0.15) is 0 Å². The van der Waals surface area contributed by atoms with E-state index in [1.54, 1.807) is 23.9 Å². The highest BCUT2D eigenvalue weighted by Gasteiger charge is 2.08. The van der Waals surface area contributed by atoms with Crippen molar-refractivity contribution in [3.05, 3.63) is 46.9 Å². The lowest BCUT2D eigenvalue weighted by Gasteiger charge is -2.04. The zero-order valence-corrected chi connectivity index (χ0v) is 7.71. The molecule has 0 atom stereocenters. The first-order valence-corrected chi connectivity index (χ1v) is 4.23. The maximum absolute atomic E-state index is 11.5. The standard InChI is InChI=1S/C10H10N2O2/c1-11-7-9(13)10(14)12(11)8-5-3-2-4-6-8/h2-7,13H,1H3. The Hall–Kier alpha value is -1.97. The highest BCUT2D eigenvalue weighted by molar-refractivity contribution is 5.32. The zero-order chi connectivity index (χ0) is 10.1. The summed E-state index contributed by atoms with van der Waals surface area (Å²) >= 11 is 0. The van der Waals surface area contributed by atoms with E-state index in [1.165, 1.54) is 10.9 Å². The highest BCUT2D eigenvalue weighted by Crippen LogP contribution is 2.07. The summed E-state index contributed by atoms with van der Waals surface area (Å²) in [6, 6.07) is 9.16. The molecule has 72 valence electrons. The van der Waals surface area contributed by atoms with E-state index in [-0.39, 0.29) is 5.75 Å². The van der Waals surface area contributed by atoms with Crippen molar-refractivity contribution in [2.45, 2.75) is 0 Å². The normalized spacial score (nSPS) is 10.4. The predicted molar refractivity (Wildman–Crippen MR) is 52.7 cm³/mol. The Bertz CT molecular complexity index is 497. The second-order valence-corrected chi connectivity index (χ2v) is 3.04. The number of aromatic hydroxyl groups is 1. The second-order valence-electron chi connectivity index (χ2n) is 3.04. The molecule has 0 aliphatic heterocycles. The molecule has 0 amide bonds. The molecule has 0 fully saturated rings. The largest absolute Gasteiger partial charge is 0.502 e. The number of hydrogen-bond acceptors (Lipinski definition) is 2. The first-order chi connectivity index (χ1) is 6.70. The first-order valence-electron chi connectivity index (χ1n) is 4.23. The molecule has 14 heavy (non-hydrogen) atoms. The molecule has 0 aliphatic carbocycles. The minimum Gasteiger partial charge on any atom is -0.502 e. The lowest BCUT2D eigenvalue weighted by molar-refractivity contribution is 0.469. The minimum absolute atomic E-state index is 0.239. The van der Waals surface area contributed by atoms with Gasteiger partial charge in [-0.1, -0.05) is 18.2 Å². The van der Waals surface area contributed by atoms with Crippen molar-refractivity contribution in [3.8, 4) is 11.4 Å². The summed E-state index contributed by atoms with van der Waals surface area (Å²) in [6.45, 7) is 0. The molecule has 1 aromatic heterocycles. The van der Waals surface area contributed by atoms with Gasteiger partial charge in [-0.3, -0.25) is 9.48 Å². The summed E-state index contributed by atoms with van der Waals surface area (Å²) in [6.07, 6.45) is 1.38. The molecule has 1 N–H and O–H groups in total. The Morgan fingerprint density at radius 3 is 2.36 bits per heavy atom. The fraction of sp³-hybridized carbons (Fsp3) is 0.100. The topological polar surface area (TPSA) is 47.2 Å². The van der Waals surface area contributed by atoms with Crippen molar-refractivity contribution in [2.24, 2.45) is 7.05 Å². The van der Waals surface area contributed by atoms with Crippen LogP contribution in [0, 0.1) is 0 Å². The van der Waals surface area contributed by atoms with Crippen LogP contribution in [0.15, 0.2) is 41.3 Å². The van der Waals surface area contributed by atoms with Gasteiger partial charge in [0, 0.05) is 7.05 Å². The predicted octanol–water partition coefficient (Wildman–Crippen LogP) is 0.882. The van der Waals surface area contributed by atoms with Gasteiger partial charge < -0.3 is 5.11 Å². The van der Waals surface area contributed by atoms with E-state index in [0.29, 0.717) is 0 Å². The molecular weight excluding hydrogens is 180 g/mol. The maximum Gasteiger partial charge on any atom is 0.313 e. The van der Waals surface area contributed by atoms with E-state index < -0.39 is 5.56 Å². The minimum atomic E-state index is -0.404. The van der Waals surface area contributed by atoms with E-state index in [0.717, 1.165) is 5.69 Å². The van der Waals surface area contributed by atoms with Gasteiger partial charge >= 0.3 is 5.56 Å². The van der Waals surface area contributed by atoms with Crippen LogP contribution in [0.3, 0.4) is 0 Å². The lowest BCUT2D eigenvalue weighted by atomic mass is 10.3. The third-order valence-corrected chi connectivity index (χ3v) is 2.04. The quantitative estimate of drug-likeness (QED) is 0.725. The van der Waals surface area contributed by atoms with Gasteiger partial charge in [-0.05, 0) is 12.1 Å². The van der Waals surface area contributed by atoms with Crippen LogP contribution in [0.5, 0.6) is 5.75 Å². The molecule has 0 saturated heterocycles. The highest BCUT2D eigenvalue weighted by atomic mass is 16.3. The Morgan fingerprint density at radius 1 is 1.21 bits per heavy atom. The average Bonchev–Trinajstić information content (AvgIpc) is 2.43. The number of aromatic nitrogens is 2. The maximum atomic E-state index is 11.5. The molecule has 2 aromatic rings. The molecule has 0 bridgehead atoms. The summed E-state index contributed by atoms with van der Waals surface area (Å²) in [4.78, 5) is 11.5. The van der Waals surface area contributed by atoms with Crippen LogP contribution in [-0.2, 0) is 7.05 Å². The van der Waals surface area contributed by atoms with Crippen LogP contribution in [0.25, 0.3) is 5.69 Å². The Labute approximate surface area is 80.6 Å². The molecule has 2 rings (SSSR count). The summed E-state index contributed by atoms with van der Waals surface area (Å²) < 4.78 is 2.95. The van der Waals surface area contributed by atoms with Crippen LogP contribution >= 0.6 is 0 Å². The van der Waals surface area contributed by atoms with Gasteiger partial charge in [0.2, 0.25) is 5.75 Å². The first kappa shape index (κ1) is 8.62. The molecule has 1 aromatic carbocycles. The van der Waals surface area contributed by atoms with E-state index in [1.807, 2.05) is 18.2 Å². The van der Waals surface area contributed by atoms with Gasteiger partial charge in [0.25, 0.3) is 0 Å². The average molecular weight is 190 g/mol. The summed E-state index contributed by atoms with van der Waals surface area (Å²) in [5.41, 5.74) is 0.332. The monoisotopic (exact) mass is 190 g/mol. The molecule has 0 spiro atoms. The van der Waals surface area contributed by atoms with Crippen LogP contribution < -0.4 is 5.56 Å². The van der Waals surface area contributed by atoms with E-state index in [9.17, 15) is 9.90 Å². The van der Waals surface area contributed by atoms with Crippen molar-refractivity contribution < 1.29 is 5.11 Å². The fourth-order valence-electron chi connectivity index (χ4n) is 1.41. The van der Waals surface area contributed by atoms with Gasteiger partial charge in [0.15, 0.2) is 0 Å². The van der Waals surface area contributed by atoms with Crippen molar-refractivity contribution in [2.75, 3.05) is 0 Å². The number of para-hydroxylation sites is 1. The molecule has 4 heteroatoms. The summed E-state index contributed by atoms with van der Waals surface area (Å²) in [5.74, 6) is -0.239. The van der Waals surface area contributed by atoms with Crippen molar-refractivity contribution in [1.82, 2.24) is 9.36 Å². The van der Waals surface area contributed by atoms with E-state index >= 15 is 0 Å².